The molecule has 0 unspecified atom stereocenters. The maximum atomic E-state index is 11.9. The summed E-state index contributed by atoms with van der Waals surface area (Å²) >= 11 is 0. The van der Waals surface area contributed by atoms with Gasteiger partial charge in [0.05, 0.1) is 18.1 Å². The first kappa shape index (κ1) is 11.9. The van der Waals surface area contributed by atoms with Gasteiger partial charge >= 0.3 is 0 Å². The molecule has 0 spiro atoms. The van der Waals surface area contributed by atoms with Gasteiger partial charge in [-0.2, -0.15) is 5.26 Å². The van der Waals surface area contributed by atoms with Crippen LogP contribution in [-0.4, -0.2) is 29.4 Å². The Bertz CT molecular complexity index is 412. The molecule has 0 fully saturated rings. The number of carbonyl (C=O) groups is 1. The van der Waals surface area contributed by atoms with Crippen LogP contribution in [0.4, 0.5) is 5.82 Å². The highest BCUT2D eigenvalue weighted by Gasteiger charge is 2.15. The Morgan fingerprint density at radius 1 is 1.75 bits per heavy atom. The smallest absolute Gasteiger partial charge is 0.257 e. The lowest BCUT2D eigenvalue weighted by Gasteiger charge is -2.16. The molecule has 16 heavy (non-hydrogen) atoms. The molecule has 1 aromatic rings. The van der Waals surface area contributed by atoms with E-state index in [0.717, 1.165) is 0 Å². The van der Waals surface area contributed by atoms with Gasteiger partial charge in [-0.25, -0.2) is 10.8 Å². The molecule has 0 bridgehead atoms. The van der Waals surface area contributed by atoms with Crippen LogP contribution in [0, 0.1) is 11.3 Å². The fourth-order valence-corrected chi connectivity index (χ4v) is 1.22. The zero-order valence-corrected chi connectivity index (χ0v) is 8.97. The number of nitrogens with one attached hydrogen (secondary N) is 1. The van der Waals surface area contributed by atoms with Gasteiger partial charge in [-0.15, -0.1) is 0 Å². The van der Waals surface area contributed by atoms with Crippen LogP contribution in [-0.2, 0) is 0 Å². The van der Waals surface area contributed by atoms with Crippen molar-refractivity contribution in [2.24, 2.45) is 5.84 Å². The molecule has 0 aliphatic heterocycles. The minimum absolute atomic E-state index is 0.212. The van der Waals surface area contributed by atoms with E-state index >= 15 is 0 Å². The predicted molar refractivity (Wildman–Crippen MR) is 59.2 cm³/mol. The third kappa shape index (κ3) is 2.68. The van der Waals surface area contributed by atoms with Gasteiger partial charge in [0.15, 0.2) is 5.82 Å². The van der Waals surface area contributed by atoms with Crippen LogP contribution in [0.1, 0.15) is 16.8 Å². The number of hydrogen-bond donors (Lipinski definition) is 2. The number of hydrogen-bond acceptors (Lipinski definition) is 5. The largest absolute Gasteiger partial charge is 0.341 e. The van der Waals surface area contributed by atoms with Gasteiger partial charge in [0.1, 0.15) is 0 Å². The molecule has 3 N–H and O–H groups in total. The number of hydrazine groups is 1. The van der Waals surface area contributed by atoms with Crippen molar-refractivity contribution >= 4 is 11.7 Å². The molecule has 6 nitrogen and oxygen atoms in total. The van der Waals surface area contributed by atoms with Crippen LogP contribution in [0.25, 0.3) is 0 Å². The normalized spacial score (nSPS) is 9.31. The number of carbonyl (C=O) groups excluding carboxylic acids is 1. The number of nitriles is 1. The van der Waals surface area contributed by atoms with Crippen LogP contribution in [0.5, 0.6) is 0 Å². The second kappa shape index (κ2) is 5.68. The van der Waals surface area contributed by atoms with E-state index in [0.29, 0.717) is 24.3 Å². The van der Waals surface area contributed by atoms with Crippen molar-refractivity contribution in [1.29, 1.82) is 5.26 Å². The van der Waals surface area contributed by atoms with Crippen molar-refractivity contribution < 1.29 is 4.79 Å². The molecular formula is C10H13N5O. The van der Waals surface area contributed by atoms with E-state index in [1.165, 1.54) is 4.90 Å². The first-order valence-electron chi connectivity index (χ1n) is 4.74. The van der Waals surface area contributed by atoms with Gasteiger partial charge in [0.2, 0.25) is 0 Å². The van der Waals surface area contributed by atoms with Gasteiger partial charge in [0.25, 0.3) is 5.91 Å². The Labute approximate surface area is 93.6 Å². The lowest BCUT2D eigenvalue weighted by Crippen LogP contribution is -2.29. The molecule has 1 amide bonds. The molecule has 0 radical (unpaired) electrons. The second-order valence-corrected chi connectivity index (χ2v) is 3.18. The third-order valence-electron chi connectivity index (χ3n) is 2.08. The highest BCUT2D eigenvalue weighted by atomic mass is 16.2. The van der Waals surface area contributed by atoms with E-state index in [4.69, 9.17) is 11.1 Å². The number of nitrogen functional groups attached to an aromatic ring is 1. The maximum absolute atomic E-state index is 11.9. The van der Waals surface area contributed by atoms with Crippen molar-refractivity contribution in [2.75, 3.05) is 19.0 Å². The average Bonchev–Trinajstić information content (AvgIpc) is 2.34. The van der Waals surface area contributed by atoms with Crippen molar-refractivity contribution in [3.8, 4) is 6.07 Å². The minimum Gasteiger partial charge on any atom is -0.341 e. The van der Waals surface area contributed by atoms with Crippen LogP contribution in [0.3, 0.4) is 0 Å². The highest BCUT2D eigenvalue weighted by molar-refractivity contribution is 5.98. The molecule has 6 heteroatoms. The molecule has 84 valence electrons. The predicted octanol–water partition coefficient (Wildman–Crippen LogP) is 0.353. The van der Waals surface area contributed by atoms with E-state index < -0.39 is 0 Å². The Kier molecular flexibility index (Phi) is 4.24. The zero-order valence-electron chi connectivity index (χ0n) is 8.97. The van der Waals surface area contributed by atoms with Gasteiger partial charge in [-0.1, -0.05) is 0 Å². The Morgan fingerprint density at radius 2 is 2.50 bits per heavy atom. The van der Waals surface area contributed by atoms with Crippen LogP contribution < -0.4 is 11.3 Å². The van der Waals surface area contributed by atoms with Crippen molar-refractivity contribution in [3.05, 3.63) is 23.9 Å². The lowest BCUT2D eigenvalue weighted by atomic mass is 10.2. The molecule has 1 heterocycles. The van der Waals surface area contributed by atoms with E-state index in [2.05, 4.69) is 10.4 Å². The SMILES string of the molecule is CN(CCC#N)C(=O)c1cccnc1NN. The van der Waals surface area contributed by atoms with E-state index in [-0.39, 0.29) is 5.91 Å². The van der Waals surface area contributed by atoms with Gasteiger partial charge in [-0.3, -0.25) is 4.79 Å². The maximum Gasteiger partial charge on any atom is 0.257 e. The first-order valence-corrected chi connectivity index (χ1v) is 4.74. The summed E-state index contributed by atoms with van der Waals surface area (Å²) in [5.41, 5.74) is 2.76. The number of aromatic nitrogens is 1. The first-order chi connectivity index (χ1) is 7.70. The third-order valence-corrected chi connectivity index (χ3v) is 2.08. The summed E-state index contributed by atoms with van der Waals surface area (Å²) in [6.07, 6.45) is 1.84. The molecule has 0 saturated heterocycles. The number of nitrogens with zero attached hydrogens (tertiary/aromatic N) is 3. The van der Waals surface area contributed by atoms with Gasteiger partial charge in [-0.05, 0) is 12.1 Å². The molecular weight excluding hydrogens is 206 g/mol. The fraction of sp³-hybridized carbons (Fsp3) is 0.300. The number of nitrogens with two attached hydrogens (primary N) is 1. The molecule has 0 aliphatic rings. The number of amides is 1. The van der Waals surface area contributed by atoms with Crippen molar-refractivity contribution in [1.82, 2.24) is 9.88 Å². The van der Waals surface area contributed by atoms with E-state index in [1.54, 1.807) is 25.4 Å². The summed E-state index contributed by atoms with van der Waals surface area (Å²) in [5, 5.41) is 8.44. The summed E-state index contributed by atoms with van der Waals surface area (Å²) in [6.45, 7) is 0.383. The molecule has 0 aromatic carbocycles. The number of pyridine rings is 1. The Balaban J connectivity index is 2.83. The van der Waals surface area contributed by atoms with Crippen LogP contribution >= 0.6 is 0 Å². The Hall–Kier alpha value is -2.13. The number of anilines is 1. The lowest BCUT2D eigenvalue weighted by molar-refractivity contribution is 0.0798. The standard InChI is InChI=1S/C10H13N5O/c1-15(7-3-5-11)10(16)8-4-2-6-13-9(8)14-12/h2,4,6H,3,7,12H2,1H3,(H,13,14). The van der Waals surface area contributed by atoms with Crippen LogP contribution in [0.2, 0.25) is 0 Å². The van der Waals surface area contributed by atoms with Gasteiger partial charge in [0, 0.05) is 19.8 Å². The summed E-state index contributed by atoms with van der Waals surface area (Å²) in [5.74, 6) is 5.37. The van der Waals surface area contributed by atoms with Crippen molar-refractivity contribution in [2.45, 2.75) is 6.42 Å². The second-order valence-electron chi connectivity index (χ2n) is 3.18. The van der Waals surface area contributed by atoms with Gasteiger partial charge < -0.3 is 10.3 Å². The summed E-state index contributed by atoms with van der Waals surface area (Å²) in [7, 11) is 1.63. The summed E-state index contributed by atoms with van der Waals surface area (Å²) < 4.78 is 0. The minimum atomic E-state index is -0.212. The Morgan fingerprint density at radius 3 is 3.12 bits per heavy atom. The topological polar surface area (TPSA) is 95.0 Å². The molecule has 1 aromatic heterocycles. The quantitative estimate of drug-likeness (QED) is 0.563. The monoisotopic (exact) mass is 219 g/mol. The molecule has 0 atom stereocenters. The summed E-state index contributed by atoms with van der Waals surface area (Å²) in [4.78, 5) is 17.3. The van der Waals surface area contributed by atoms with E-state index in [9.17, 15) is 4.79 Å². The molecule has 0 saturated carbocycles. The van der Waals surface area contributed by atoms with Crippen molar-refractivity contribution in [3.63, 3.8) is 0 Å². The summed E-state index contributed by atoms with van der Waals surface area (Å²) in [6, 6.07) is 5.27. The van der Waals surface area contributed by atoms with E-state index in [1.807, 2.05) is 6.07 Å². The average molecular weight is 219 g/mol. The van der Waals surface area contributed by atoms with Crippen LogP contribution in [0.15, 0.2) is 18.3 Å². The fourth-order valence-electron chi connectivity index (χ4n) is 1.22. The molecule has 1 rings (SSSR count). The highest BCUT2D eigenvalue weighted by Crippen LogP contribution is 2.12. The zero-order chi connectivity index (χ0) is 12.0. The number of rotatable bonds is 4. The molecule has 0 aliphatic carbocycles.